The second-order valence-corrected chi connectivity index (χ2v) is 7.76. The number of rotatable bonds is 2. The zero-order valence-corrected chi connectivity index (χ0v) is 13.8. The Morgan fingerprint density at radius 1 is 1.24 bits per heavy atom. The van der Waals surface area contributed by atoms with E-state index < -0.39 is 28.6 Å². The molecule has 122 valence electrons. The Balaban J connectivity index is 3.25. The summed E-state index contributed by atoms with van der Waals surface area (Å²) in [5.74, 6) is -1.32. The van der Waals surface area contributed by atoms with E-state index in [2.05, 4.69) is 0 Å². The second-order valence-electron chi connectivity index (χ2n) is 7.76. The highest BCUT2D eigenvalue weighted by Gasteiger charge is 2.60. The fourth-order valence-corrected chi connectivity index (χ4v) is 2.91. The zero-order chi connectivity index (χ0) is 16.6. The molecule has 0 radical (unpaired) electrons. The molecule has 1 fully saturated rings. The van der Waals surface area contributed by atoms with E-state index in [1.165, 1.54) is 4.90 Å². The summed E-state index contributed by atoms with van der Waals surface area (Å²) in [5.41, 5.74) is -2.75. The molecule has 6 nitrogen and oxygen atoms in total. The standard InChI is InChI=1S/C15H27NO5/c1-13(2,3)15(11(18)19)7-10(9-17)8-16(15)12(20)21-14(4,5)6/h10,17H,7-9H2,1-6H3,(H,18,19)/t10?,15-/m1/s1. The summed E-state index contributed by atoms with van der Waals surface area (Å²) in [6, 6.07) is 0. The second kappa shape index (κ2) is 5.48. The smallest absolute Gasteiger partial charge is 0.411 e. The number of carboxylic acids is 1. The van der Waals surface area contributed by atoms with Gasteiger partial charge >= 0.3 is 12.1 Å². The lowest BCUT2D eigenvalue weighted by Crippen LogP contribution is -2.61. The average molecular weight is 301 g/mol. The van der Waals surface area contributed by atoms with Crippen LogP contribution in [-0.2, 0) is 9.53 Å². The molecule has 1 aliphatic heterocycles. The van der Waals surface area contributed by atoms with Crippen molar-refractivity contribution in [1.82, 2.24) is 4.90 Å². The Labute approximate surface area is 126 Å². The third kappa shape index (κ3) is 3.31. The van der Waals surface area contributed by atoms with Crippen LogP contribution < -0.4 is 0 Å². The third-order valence-corrected chi connectivity index (χ3v) is 3.95. The molecule has 2 atom stereocenters. The van der Waals surface area contributed by atoms with Gasteiger partial charge in [-0.3, -0.25) is 4.90 Å². The molecule has 1 unspecified atom stereocenters. The summed E-state index contributed by atoms with van der Waals surface area (Å²) in [6.07, 6.45) is -0.419. The van der Waals surface area contributed by atoms with E-state index in [0.29, 0.717) is 0 Å². The molecule has 1 aliphatic rings. The van der Waals surface area contributed by atoms with Crippen LogP contribution in [0.25, 0.3) is 0 Å². The number of likely N-dealkylation sites (tertiary alicyclic amines) is 1. The Morgan fingerprint density at radius 2 is 1.76 bits per heavy atom. The van der Waals surface area contributed by atoms with Gasteiger partial charge < -0.3 is 14.9 Å². The van der Waals surface area contributed by atoms with E-state index in [0.717, 1.165) is 0 Å². The van der Waals surface area contributed by atoms with Gasteiger partial charge in [0.1, 0.15) is 11.1 Å². The summed E-state index contributed by atoms with van der Waals surface area (Å²) in [4.78, 5) is 25.7. The van der Waals surface area contributed by atoms with Crippen molar-refractivity contribution in [3.05, 3.63) is 0 Å². The molecule has 0 aromatic heterocycles. The molecule has 2 N–H and O–H groups in total. The highest BCUT2D eigenvalue weighted by Crippen LogP contribution is 2.46. The van der Waals surface area contributed by atoms with E-state index in [4.69, 9.17) is 4.74 Å². The molecule has 1 amide bonds. The van der Waals surface area contributed by atoms with Crippen molar-refractivity contribution in [2.24, 2.45) is 11.3 Å². The van der Waals surface area contributed by atoms with Crippen LogP contribution in [0.4, 0.5) is 4.79 Å². The van der Waals surface area contributed by atoms with Crippen LogP contribution in [0.1, 0.15) is 48.0 Å². The topological polar surface area (TPSA) is 87.1 Å². The maximum Gasteiger partial charge on any atom is 0.411 e. The van der Waals surface area contributed by atoms with E-state index in [-0.39, 0.29) is 25.5 Å². The fraction of sp³-hybridized carbons (Fsp3) is 0.867. The van der Waals surface area contributed by atoms with E-state index >= 15 is 0 Å². The summed E-state index contributed by atoms with van der Waals surface area (Å²) in [7, 11) is 0. The number of carbonyl (C=O) groups is 2. The van der Waals surface area contributed by atoms with Gasteiger partial charge in [-0.2, -0.15) is 0 Å². The number of carbonyl (C=O) groups excluding carboxylic acids is 1. The van der Waals surface area contributed by atoms with Crippen LogP contribution >= 0.6 is 0 Å². The van der Waals surface area contributed by atoms with Crippen LogP contribution in [-0.4, -0.2) is 51.5 Å². The van der Waals surface area contributed by atoms with Gasteiger partial charge in [0.05, 0.1) is 0 Å². The van der Waals surface area contributed by atoms with Crippen LogP contribution in [0.3, 0.4) is 0 Å². The predicted molar refractivity (Wildman–Crippen MR) is 78.0 cm³/mol. The van der Waals surface area contributed by atoms with Gasteiger partial charge in [0.25, 0.3) is 0 Å². The Kier molecular flexibility index (Phi) is 4.63. The first-order valence-corrected chi connectivity index (χ1v) is 7.20. The predicted octanol–water partition coefficient (Wildman–Crippen LogP) is 2.11. The fourth-order valence-electron chi connectivity index (χ4n) is 2.91. The number of ether oxygens (including phenoxy) is 1. The molecule has 1 heterocycles. The first-order valence-electron chi connectivity index (χ1n) is 7.20. The lowest BCUT2D eigenvalue weighted by atomic mass is 9.71. The molecule has 21 heavy (non-hydrogen) atoms. The summed E-state index contributed by atoms with van der Waals surface area (Å²) in [5, 5.41) is 19.2. The highest BCUT2D eigenvalue weighted by molar-refractivity contribution is 5.86. The van der Waals surface area contributed by atoms with Crippen LogP contribution in [0.15, 0.2) is 0 Å². The summed E-state index contributed by atoms with van der Waals surface area (Å²) >= 11 is 0. The van der Waals surface area contributed by atoms with Gasteiger partial charge in [-0.25, -0.2) is 9.59 Å². The molecule has 0 bridgehead atoms. The van der Waals surface area contributed by atoms with Gasteiger partial charge in [0.2, 0.25) is 0 Å². The molecular weight excluding hydrogens is 274 g/mol. The Bertz CT molecular complexity index is 421. The first kappa shape index (κ1) is 17.8. The Morgan fingerprint density at radius 3 is 2.10 bits per heavy atom. The van der Waals surface area contributed by atoms with Gasteiger partial charge in [0, 0.05) is 19.1 Å². The number of aliphatic carboxylic acids is 1. The molecule has 0 spiro atoms. The number of amides is 1. The van der Waals surface area contributed by atoms with E-state index in [1.54, 1.807) is 41.5 Å². The SMILES string of the molecule is CC(C)(C)OC(=O)N1CC(CO)C[C@@]1(C(=O)O)C(C)(C)C. The monoisotopic (exact) mass is 301 g/mol. The number of aliphatic hydroxyl groups is 1. The number of hydrogen-bond acceptors (Lipinski definition) is 4. The third-order valence-electron chi connectivity index (χ3n) is 3.95. The number of nitrogens with zero attached hydrogens (tertiary/aromatic N) is 1. The average Bonchev–Trinajstić information content (AvgIpc) is 2.66. The summed E-state index contributed by atoms with van der Waals surface area (Å²) < 4.78 is 5.36. The lowest BCUT2D eigenvalue weighted by Gasteiger charge is -2.44. The van der Waals surface area contributed by atoms with Crippen LogP contribution in [0.5, 0.6) is 0 Å². The van der Waals surface area contributed by atoms with Crippen molar-refractivity contribution in [1.29, 1.82) is 0 Å². The largest absolute Gasteiger partial charge is 0.479 e. The van der Waals surface area contributed by atoms with Crippen molar-refractivity contribution in [2.75, 3.05) is 13.2 Å². The van der Waals surface area contributed by atoms with E-state index in [1.807, 2.05) is 0 Å². The lowest BCUT2D eigenvalue weighted by molar-refractivity contribution is -0.156. The van der Waals surface area contributed by atoms with Crippen molar-refractivity contribution >= 4 is 12.1 Å². The number of carboxylic acid groups (broad SMARTS) is 1. The van der Waals surface area contributed by atoms with Crippen molar-refractivity contribution < 1.29 is 24.5 Å². The first-order chi connectivity index (χ1) is 9.35. The van der Waals surface area contributed by atoms with Crippen molar-refractivity contribution in [3.8, 4) is 0 Å². The van der Waals surface area contributed by atoms with E-state index in [9.17, 15) is 19.8 Å². The summed E-state index contributed by atoms with van der Waals surface area (Å²) in [6.45, 7) is 10.6. The number of hydrogen-bond donors (Lipinski definition) is 2. The highest BCUT2D eigenvalue weighted by atomic mass is 16.6. The van der Waals surface area contributed by atoms with Gasteiger partial charge in [-0.05, 0) is 32.6 Å². The zero-order valence-electron chi connectivity index (χ0n) is 13.8. The van der Waals surface area contributed by atoms with Crippen LogP contribution in [0.2, 0.25) is 0 Å². The van der Waals surface area contributed by atoms with Gasteiger partial charge in [-0.15, -0.1) is 0 Å². The minimum Gasteiger partial charge on any atom is -0.479 e. The normalized spacial score (nSPS) is 26.8. The van der Waals surface area contributed by atoms with Gasteiger partial charge in [0.15, 0.2) is 0 Å². The van der Waals surface area contributed by atoms with Crippen LogP contribution in [0, 0.1) is 11.3 Å². The molecule has 0 aromatic rings. The van der Waals surface area contributed by atoms with Crippen molar-refractivity contribution in [2.45, 2.75) is 59.1 Å². The molecule has 6 heteroatoms. The minimum absolute atomic E-state index is 0.148. The van der Waals surface area contributed by atoms with Gasteiger partial charge in [-0.1, -0.05) is 20.8 Å². The number of aliphatic hydroxyl groups excluding tert-OH is 1. The quantitative estimate of drug-likeness (QED) is 0.815. The maximum absolute atomic E-state index is 12.4. The Hall–Kier alpha value is -1.30. The molecule has 0 aromatic carbocycles. The molecule has 0 aliphatic carbocycles. The molecule has 0 saturated carbocycles. The maximum atomic E-state index is 12.4. The van der Waals surface area contributed by atoms with Crippen molar-refractivity contribution in [3.63, 3.8) is 0 Å². The molecular formula is C15H27NO5. The molecule has 1 saturated heterocycles. The minimum atomic E-state index is -1.37. The molecule has 1 rings (SSSR count).